The fourth-order valence-electron chi connectivity index (χ4n) is 10.7. The standard InChI is InChI=1S/C71H59N7O/c1-46(2)45-73-76-67-63(48-33-41-55(42-34-48)77(52-19-9-6-10-20-52)53-21-11-7-12-22-53)69-68(74-65-60-27-17-15-25-58(60)59-26-16-18-28-61(59)66(65)75-69)62(64(67)72)47-31-39-56(40-32-47)78(54-23-13-8-14-24-54)57-43-35-50(36-44-57)70(79)49-29-37-51(38-30-49)71(3,4)5/h6-44,46H,45,72H2,1-5H3. The maximum Gasteiger partial charge on any atom is 0.193 e. The number of azo groups is 1. The van der Waals surface area contributed by atoms with Gasteiger partial charge in [0.25, 0.3) is 0 Å². The number of hydrogen-bond acceptors (Lipinski definition) is 8. The number of benzene rings is 11. The average molecular weight is 1030 g/mol. The SMILES string of the molecule is CC(C)CN=Nc1c(N)c(-c2ccc(N(c3ccccc3)c3ccc(C(=O)c4ccc(C(C)(C)C)cc4)cc3)cc2)c2nc3c4ccccc4c4ccccc4c3nc2c1-c1ccc(N(c2ccccc2)c2ccccc2)cc1. The van der Waals surface area contributed by atoms with Crippen LogP contribution in [0.1, 0.15) is 56.1 Å². The van der Waals surface area contributed by atoms with Crippen LogP contribution in [0.2, 0.25) is 0 Å². The molecule has 11 aromatic carbocycles. The van der Waals surface area contributed by atoms with Crippen LogP contribution in [-0.2, 0) is 5.41 Å². The van der Waals surface area contributed by atoms with E-state index in [9.17, 15) is 4.79 Å². The highest BCUT2D eigenvalue weighted by atomic mass is 16.1. The Morgan fingerprint density at radius 2 is 0.797 bits per heavy atom. The number of ketones is 1. The Hall–Kier alpha value is -9.79. The lowest BCUT2D eigenvalue weighted by atomic mass is 9.86. The van der Waals surface area contributed by atoms with Crippen molar-refractivity contribution in [3.8, 4) is 22.3 Å². The summed E-state index contributed by atoms with van der Waals surface area (Å²) in [5.74, 6) is 0.244. The summed E-state index contributed by atoms with van der Waals surface area (Å²) in [6, 6.07) is 80.7. The van der Waals surface area contributed by atoms with Gasteiger partial charge in [0.2, 0.25) is 0 Å². The molecule has 0 aliphatic carbocycles. The summed E-state index contributed by atoms with van der Waals surface area (Å²) in [4.78, 5) is 29.7. The Bertz CT molecular complexity index is 4170. The Kier molecular flexibility index (Phi) is 13.3. The molecule has 0 bridgehead atoms. The highest BCUT2D eigenvalue weighted by Gasteiger charge is 2.26. The van der Waals surface area contributed by atoms with Crippen molar-refractivity contribution in [3.05, 3.63) is 253 Å². The zero-order chi connectivity index (χ0) is 54.2. The molecule has 0 fully saturated rings. The minimum atomic E-state index is -0.0200. The van der Waals surface area contributed by atoms with Crippen molar-refractivity contribution in [3.63, 3.8) is 0 Å². The molecule has 12 rings (SSSR count). The third kappa shape index (κ3) is 9.63. The summed E-state index contributed by atoms with van der Waals surface area (Å²) in [7, 11) is 0. The van der Waals surface area contributed by atoms with E-state index >= 15 is 0 Å². The van der Waals surface area contributed by atoms with Gasteiger partial charge in [-0.2, -0.15) is 10.2 Å². The van der Waals surface area contributed by atoms with Crippen molar-refractivity contribution in [2.24, 2.45) is 16.1 Å². The summed E-state index contributed by atoms with van der Waals surface area (Å²) >= 11 is 0. The van der Waals surface area contributed by atoms with Crippen LogP contribution < -0.4 is 15.5 Å². The zero-order valence-corrected chi connectivity index (χ0v) is 45.0. The summed E-state index contributed by atoms with van der Waals surface area (Å²) in [6.45, 7) is 11.3. The Morgan fingerprint density at radius 3 is 1.22 bits per heavy atom. The number of nitrogens with two attached hydrogens (primary N) is 1. The molecule has 384 valence electrons. The lowest BCUT2D eigenvalue weighted by molar-refractivity contribution is 0.103. The second-order valence-corrected chi connectivity index (χ2v) is 21.5. The van der Waals surface area contributed by atoms with Crippen molar-refractivity contribution in [1.29, 1.82) is 0 Å². The minimum Gasteiger partial charge on any atom is -0.396 e. The van der Waals surface area contributed by atoms with Crippen LogP contribution in [-0.4, -0.2) is 22.3 Å². The molecule has 2 N–H and O–H groups in total. The summed E-state index contributed by atoms with van der Waals surface area (Å²) in [6.07, 6.45) is 0. The van der Waals surface area contributed by atoms with Crippen LogP contribution >= 0.6 is 0 Å². The van der Waals surface area contributed by atoms with Crippen LogP contribution in [0.25, 0.3) is 65.9 Å². The van der Waals surface area contributed by atoms with Gasteiger partial charge >= 0.3 is 0 Å². The number of anilines is 7. The van der Waals surface area contributed by atoms with Gasteiger partial charge in [0.15, 0.2) is 5.78 Å². The van der Waals surface area contributed by atoms with Crippen LogP contribution in [0.4, 0.5) is 45.5 Å². The Labute approximate surface area is 461 Å². The third-order valence-electron chi connectivity index (χ3n) is 14.7. The maximum absolute atomic E-state index is 13.8. The smallest absolute Gasteiger partial charge is 0.193 e. The molecule has 8 nitrogen and oxygen atoms in total. The fraction of sp³-hybridized carbons (Fsp3) is 0.113. The topological polar surface area (TPSA) is 100 Å². The van der Waals surface area contributed by atoms with Crippen LogP contribution in [0.3, 0.4) is 0 Å². The molecule has 0 amide bonds. The normalized spacial score (nSPS) is 11.8. The van der Waals surface area contributed by atoms with E-state index in [1.807, 2.05) is 66.7 Å². The second kappa shape index (κ2) is 21.0. The lowest BCUT2D eigenvalue weighted by Gasteiger charge is -2.26. The number of fused-ring (bicyclic) bond motifs is 7. The molecule has 12 aromatic rings. The molecule has 0 aliphatic rings. The monoisotopic (exact) mass is 1030 g/mol. The van der Waals surface area contributed by atoms with Gasteiger partial charge in [-0.05, 0) is 124 Å². The number of para-hydroxylation sites is 3. The quantitative estimate of drug-likeness (QED) is 0.0406. The number of nitrogens with zero attached hydrogens (tertiary/aromatic N) is 6. The summed E-state index contributed by atoms with van der Waals surface area (Å²) < 4.78 is 0. The number of hydrogen-bond donors (Lipinski definition) is 1. The number of aromatic nitrogens is 2. The van der Waals surface area contributed by atoms with E-state index in [1.165, 1.54) is 5.56 Å². The Morgan fingerprint density at radius 1 is 0.443 bits per heavy atom. The first-order valence-electron chi connectivity index (χ1n) is 27.0. The van der Waals surface area contributed by atoms with E-state index in [-0.39, 0.29) is 17.1 Å². The molecule has 8 heteroatoms. The van der Waals surface area contributed by atoms with Crippen molar-refractivity contribution >= 4 is 94.9 Å². The number of carbonyl (C=O) groups excluding carboxylic acids is 1. The lowest BCUT2D eigenvalue weighted by Crippen LogP contribution is -2.12. The van der Waals surface area contributed by atoms with Gasteiger partial charge in [-0.15, -0.1) is 0 Å². The van der Waals surface area contributed by atoms with Gasteiger partial charge in [0, 0.05) is 67.2 Å². The van der Waals surface area contributed by atoms with Crippen molar-refractivity contribution < 1.29 is 4.79 Å². The molecule has 0 saturated heterocycles. The predicted octanol–water partition coefficient (Wildman–Crippen LogP) is 19.2. The molecule has 0 atom stereocenters. The Balaban J connectivity index is 1.04. The van der Waals surface area contributed by atoms with E-state index in [0.717, 1.165) is 89.0 Å². The van der Waals surface area contributed by atoms with Crippen LogP contribution in [0.5, 0.6) is 0 Å². The number of carbonyl (C=O) groups is 1. The van der Waals surface area contributed by atoms with Gasteiger partial charge in [-0.3, -0.25) is 4.79 Å². The fourth-order valence-corrected chi connectivity index (χ4v) is 10.7. The van der Waals surface area contributed by atoms with Crippen LogP contribution in [0.15, 0.2) is 247 Å². The van der Waals surface area contributed by atoms with E-state index in [0.29, 0.717) is 40.1 Å². The molecular formula is C71H59N7O. The molecule has 0 radical (unpaired) electrons. The van der Waals surface area contributed by atoms with Gasteiger partial charge < -0.3 is 15.5 Å². The molecule has 0 spiro atoms. The first kappa shape index (κ1) is 50.1. The first-order valence-corrected chi connectivity index (χ1v) is 27.0. The molecule has 1 heterocycles. The molecule has 0 aliphatic heterocycles. The van der Waals surface area contributed by atoms with Gasteiger partial charge in [0.05, 0.1) is 23.3 Å². The van der Waals surface area contributed by atoms with Crippen molar-refractivity contribution in [2.45, 2.75) is 40.0 Å². The number of nitrogen functional groups attached to an aromatic ring is 1. The highest BCUT2D eigenvalue weighted by Crippen LogP contribution is 2.50. The summed E-state index contributed by atoms with van der Waals surface area (Å²) in [5, 5.41) is 14.1. The zero-order valence-electron chi connectivity index (χ0n) is 45.0. The minimum absolute atomic E-state index is 0.00662. The molecule has 0 unspecified atom stereocenters. The molecule has 1 aromatic heterocycles. The third-order valence-corrected chi connectivity index (χ3v) is 14.7. The van der Waals surface area contributed by atoms with E-state index in [4.69, 9.17) is 25.9 Å². The van der Waals surface area contributed by atoms with Gasteiger partial charge in [-0.25, -0.2) is 9.97 Å². The molecule has 79 heavy (non-hydrogen) atoms. The largest absolute Gasteiger partial charge is 0.396 e. The van der Waals surface area contributed by atoms with Crippen molar-refractivity contribution in [2.75, 3.05) is 22.1 Å². The molecule has 0 saturated carbocycles. The first-order chi connectivity index (χ1) is 38.5. The van der Waals surface area contributed by atoms with Crippen LogP contribution in [0, 0.1) is 5.92 Å². The van der Waals surface area contributed by atoms with Gasteiger partial charge in [0.1, 0.15) is 16.7 Å². The van der Waals surface area contributed by atoms with E-state index in [1.54, 1.807) is 0 Å². The molecular weight excluding hydrogens is 967 g/mol. The van der Waals surface area contributed by atoms with E-state index < -0.39 is 0 Å². The van der Waals surface area contributed by atoms with E-state index in [2.05, 4.69) is 214 Å². The summed E-state index contributed by atoms with van der Waals surface area (Å²) in [5.41, 5.74) is 23.0. The maximum atomic E-state index is 13.8. The second-order valence-electron chi connectivity index (χ2n) is 21.5. The average Bonchev–Trinajstić information content (AvgIpc) is 3.57. The predicted molar refractivity (Wildman–Crippen MR) is 330 cm³/mol. The van der Waals surface area contributed by atoms with Gasteiger partial charge in [-0.1, -0.05) is 186 Å². The van der Waals surface area contributed by atoms with Crippen molar-refractivity contribution in [1.82, 2.24) is 9.97 Å². The number of rotatable bonds is 13. The highest BCUT2D eigenvalue weighted by molar-refractivity contribution is 6.25.